The van der Waals surface area contributed by atoms with Crippen LogP contribution in [0, 0.1) is 59.2 Å². The first-order chi connectivity index (χ1) is 20.0. The fraction of sp³-hybridized carbons (Fsp3) is 0.771. The Balaban J connectivity index is 1.22. The Hall–Kier alpha value is -1.54. The number of hydrogen-bond donors (Lipinski definition) is 3. The Morgan fingerprint density at radius 1 is 1.07 bits per heavy atom. The van der Waals surface area contributed by atoms with Gasteiger partial charge in [-0.2, -0.15) is 5.10 Å². The van der Waals surface area contributed by atoms with Crippen molar-refractivity contribution in [3.8, 4) is 0 Å². The molecule has 1 aromatic rings. The van der Waals surface area contributed by atoms with Crippen LogP contribution in [0.3, 0.4) is 0 Å². The summed E-state index contributed by atoms with van der Waals surface area (Å²) in [6.07, 6.45) is 9.85. The summed E-state index contributed by atoms with van der Waals surface area (Å²) >= 11 is 5.77. The number of thiocarbonyl (C=S) groups is 1. The number of nitrogens with zero attached hydrogens (tertiary/aromatic N) is 1. The molecule has 7 rings (SSSR count). The van der Waals surface area contributed by atoms with Gasteiger partial charge in [0.1, 0.15) is 0 Å². The lowest BCUT2D eigenvalue weighted by atomic mass is 9.44. The first-order valence-corrected chi connectivity index (χ1v) is 17.1. The molecule has 6 nitrogen and oxygen atoms in total. The SMILES string of the molecule is Cc1cccc(NC(=S)N/N=C2\C[C@H]3[C@@H](CC[C@H]4C[C@@H](O)CC[C@@]43C)[C@@H]3C[C@@H]4O[C@]5(CC[C@@H](C)CO5)[C@@H](C)[C@@H]4[C@@]23C)c1. The minimum atomic E-state index is -0.448. The van der Waals surface area contributed by atoms with E-state index in [4.69, 9.17) is 26.8 Å². The van der Waals surface area contributed by atoms with Gasteiger partial charge in [0.05, 0.1) is 18.8 Å². The molecule has 0 unspecified atom stereocenters. The van der Waals surface area contributed by atoms with E-state index in [0.29, 0.717) is 46.5 Å². The van der Waals surface area contributed by atoms with Crippen LogP contribution in [0.2, 0.25) is 0 Å². The first-order valence-electron chi connectivity index (χ1n) is 16.7. The molecule has 0 radical (unpaired) electrons. The lowest BCUT2D eigenvalue weighted by Gasteiger charge is -2.61. The summed E-state index contributed by atoms with van der Waals surface area (Å²) in [6, 6.07) is 8.29. The lowest BCUT2D eigenvalue weighted by Crippen LogP contribution is -2.58. The van der Waals surface area contributed by atoms with Gasteiger partial charge in [0.25, 0.3) is 0 Å². The predicted octanol–water partition coefficient (Wildman–Crippen LogP) is 7.05. The monoisotopic (exact) mass is 593 g/mol. The van der Waals surface area contributed by atoms with E-state index >= 15 is 0 Å². The van der Waals surface area contributed by atoms with Gasteiger partial charge in [-0.05, 0) is 123 Å². The van der Waals surface area contributed by atoms with Gasteiger partial charge in [0.15, 0.2) is 10.9 Å². The van der Waals surface area contributed by atoms with Crippen LogP contribution in [0.15, 0.2) is 29.4 Å². The second-order valence-corrected chi connectivity index (χ2v) is 15.9. The minimum absolute atomic E-state index is 0.0650. The average Bonchev–Trinajstić information content (AvgIpc) is 3.40. The molecule has 6 aliphatic rings. The summed E-state index contributed by atoms with van der Waals surface area (Å²) < 4.78 is 13.6. The quantitative estimate of drug-likeness (QED) is 0.252. The van der Waals surface area contributed by atoms with Crippen molar-refractivity contribution in [1.29, 1.82) is 0 Å². The Bertz CT molecular complexity index is 1250. The number of anilines is 1. The lowest BCUT2D eigenvalue weighted by molar-refractivity contribution is -0.272. The second kappa shape index (κ2) is 10.5. The fourth-order valence-electron chi connectivity index (χ4n) is 11.1. The third-order valence-corrected chi connectivity index (χ3v) is 13.6. The number of rotatable bonds is 2. The Morgan fingerprint density at radius 3 is 2.67 bits per heavy atom. The molecule has 1 spiro atoms. The molecular formula is C35H51N3O3S. The van der Waals surface area contributed by atoms with Crippen molar-refractivity contribution >= 4 is 28.7 Å². The van der Waals surface area contributed by atoms with Crippen molar-refractivity contribution in [3.05, 3.63) is 29.8 Å². The molecule has 12 atom stereocenters. The van der Waals surface area contributed by atoms with E-state index in [-0.39, 0.29) is 23.0 Å². The summed E-state index contributed by atoms with van der Waals surface area (Å²) in [5.74, 6) is 3.24. The maximum absolute atomic E-state index is 10.6. The maximum atomic E-state index is 10.6. The molecule has 0 amide bonds. The van der Waals surface area contributed by atoms with Crippen molar-refractivity contribution in [2.24, 2.45) is 57.4 Å². The number of hydrogen-bond acceptors (Lipinski definition) is 5. The highest BCUT2D eigenvalue weighted by atomic mass is 32.1. The number of aryl methyl sites for hydroxylation is 1. The van der Waals surface area contributed by atoms with Crippen LogP contribution in [0.25, 0.3) is 0 Å². The van der Waals surface area contributed by atoms with Gasteiger partial charge in [-0.25, -0.2) is 0 Å². The molecule has 4 saturated carbocycles. The molecule has 3 N–H and O–H groups in total. The summed E-state index contributed by atoms with van der Waals surface area (Å²) in [4.78, 5) is 0. The third-order valence-electron chi connectivity index (χ3n) is 13.4. The summed E-state index contributed by atoms with van der Waals surface area (Å²) in [5, 5.41) is 19.7. The van der Waals surface area contributed by atoms with Gasteiger partial charge < -0.3 is 19.9 Å². The summed E-state index contributed by atoms with van der Waals surface area (Å²) in [7, 11) is 0. The van der Waals surface area contributed by atoms with Gasteiger partial charge in [-0.3, -0.25) is 5.43 Å². The van der Waals surface area contributed by atoms with Crippen LogP contribution in [0.1, 0.15) is 91.0 Å². The zero-order valence-electron chi connectivity index (χ0n) is 26.2. The number of aliphatic hydroxyl groups excluding tert-OH is 1. The van der Waals surface area contributed by atoms with Gasteiger partial charge in [-0.15, -0.1) is 0 Å². The van der Waals surface area contributed by atoms with Crippen LogP contribution in [0.4, 0.5) is 5.69 Å². The number of hydrazone groups is 1. The zero-order valence-corrected chi connectivity index (χ0v) is 27.0. The largest absolute Gasteiger partial charge is 0.393 e. The van der Waals surface area contributed by atoms with Gasteiger partial charge >= 0.3 is 0 Å². The Kier molecular flexibility index (Phi) is 7.32. The van der Waals surface area contributed by atoms with Gasteiger partial charge in [0, 0.05) is 35.1 Å². The molecule has 2 heterocycles. The van der Waals surface area contributed by atoms with E-state index in [9.17, 15) is 5.11 Å². The first kappa shape index (κ1) is 29.2. The number of ether oxygens (including phenoxy) is 2. The molecule has 0 bridgehead atoms. The normalized spacial score (nSPS) is 48.7. The average molecular weight is 594 g/mol. The molecule has 0 aromatic heterocycles. The minimum Gasteiger partial charge on any atom is -0.393 e. The topological polar surface area (TPSA) is 75.1 Å². The van der Waals surface area contributed by atoms with Crippen molar-refractivity contribution < 1.29 is 14.6 Å². The number of fused-ring (bicyclic) bond motifs is 7. The van der Waals surface area contributed by atoms with E-state index in [1.54, 1.807) is 0 Å². The summed E-state index contributed by atoms with van der Waals surface area (Å²) in [5.41, 5.74) is 6.95. The van der Waals surface area contributed by atoms with Crippen LogP contribution in [0.5, 0.6) is 0 Å². The standard InChI is InChI=1S/C35H51N3O3S/c1-20-7-6-8-24(15-20)36-32(42)38-37-30-18-27-26(10-9-23-16-25(39)12-13-33(23,27)4)28-17-29-31(34(28,30)5)22(3)35(41-29)14-11-21(2)19-40-35/h6-8,15,21-23,25-29,31,39H,9-14,16-19H2,1-5H3,(H2,36,38,42)/b37-30+/t21-,22+,23+,25+,26-,27+,28+,29+,31+,33+,34-,35-/m1/s1. The highest BCUT2D eigenvalue weighted by molar-refractivity contribution is 7.80. The molecule has 6 fully saturated rings. The van der Waals surface area contributed by atoms with E-state index in [1.807, 2.05) is 12.1 Å². The third kappa shape index (κ3) is 4.50. The number of aliphatic hydroxyl groups is 1. The molecule has 2 saturated heterocycles. The summed E-state index contributed by atoms with van der Waals surface area (Å²) in [6.45, 7) is 12.6. The van der Waals surface area contributed by atoms with Crippen molar-refractivity contribution in [2.45, 2.75) is 110 Å². The van der Waals surface area contributed by atoms with Crippen molar-refractivity contribution in [2.75, 3.05) is 11.9 Å². The molecule has 4 aliphatic carbocycles. The van der Waals surface area contributed by atoms with E-state index < -0.39 is 5.79 Å². The fourth-order valence-corrected chi connectivity index (χ4v) is 11.3. The van der Waals surface area contributed by atoms with E-state index in [0.717, 1.165) is 50.8 Å². The highest BCUT2D eigenvalue weighted by Gasteiger charge is 2.71. The molecule has 7 heteroatoms. The molecule has 1 aromatic carbocycles. The maximum Gasteiger partial charge on any atom is 0.191 e. The van der Waals surface area contributed by atoms with Crippen molar-refractivity contribution in [3.63, 3.8) is 0 Å². The smallest absolute Gasteiger partial charge is 0.191 e. The van der Waals surface area contributed by atoms with Crippen LogP contribution in [-0.4, -0.2) is 40.5 Å². The molecule has 230 valence electrons. The van der Waals surface area contributed by atoms with Crippen LogP contribution >= 0.6 is 12.2 Å². The molecular weight excluding hydrogens is 542 g/mol. The Labute approximate surface area is 257 Å². The Morgan fingerprint density at radius 2 is 1.90 bits per heavy atom. The zero-order chi connectivity index (χ0) is 29.4. The molecule has 2 aliphatic heterocycles. The second-order valence-electron chi connectivity index (χ2n) is 15.5. The van der Waals surface area contributed by atoms with Gasteiger partial charge in [-0.1, -0.05) is 39.8 Å². The predicted molar refractivity (Wildman–Crippen MR) is 171 cm³/mol. The number of benzene rings is 1. The van der Waals surface area contributed by atoms with Crippen LogP contribution in [-0.2, 0) is 9.47 Å². The highest BCUT2D eigenvalue weighted by Crippen LogP contribution is 2.70. The molecule has 42 heavy (non-hydrogen) atoms. The number of nitrogens with one attached hydrogen (secondary N) is 2. The van der Waals surface area contributed by atoms with Crippen LogP contribution < -0.4 is 10.7 Å². The van der Waals surface area contributed by atoms with Crippen molar-refractivity contribution in [1.82, 2.24) is 5.43 Å². The van der Waals surface area contributed by atoms with E-state index in [1.165, 1.54) is 30.5 Å². The van der Waals surface area contributed by atoms with E-state index in [2.05, 4.69) is 57.5 Å². The van der Waals surface area contributed by atoms with Gasteiger partial charge in [0.2, 0.25) is 0 Å².